The Bertz CT molecular complexity index is 281. The number of rotatable bonds is 6. The Balaban J connectivity index is 2.14. The number of amides is 2. The molecule has 0 aliphatic carbocycles. The molecule has 8 heteroatoms. The molecule has 0 saturated carbocycles. The maximum Gasteiger partial charge on any atom is 0.328 e. The maximum atomic E-state index is 11.3. The molecule has 1 heterocycles. The second-order valence-corrected chi connectivity index (χ2v) is 4.07. The van der Waals surface area contributed by atoms with E-state index in [0.717, 1.165) is 32.7 Å². The number of carbonyl (C=O) groups is 2. The summed E-state index contributed by atoms with van der Waals surface area (Å²) in [4.78, 5) is 24.1. The topological polar surface area (TPSA) is 114 Å². The highest BCUT2D eigenvalue weighted by Gasteiger charge is 2.18. The molecule has 8 nitrogen and oxygen atoms in total. The van der Waals surface area contributed by atoms with Gasteiger partial charge in [0.25, 0.3) is 0 Å². The SMILES string of the molecule is O=C(NCCN1CCNCC1)N[C@H](CO)C(=O)O. The van der Waals surface area contributed by atoms with Gasteiger partial charge in [0.05, 0.1) is 6.61 Å². The highest BCUT2D eigenvalue weighted by molar-refractivity contribution is 5.82. The van der Waals surface area contributed by atoms with Gasteiger partial charge in [0, 0.05) is 39.3 Å². The molecule has 2 amide bonds. The number of aliphatic hydroxyl groups is 1. The first kappa shape index (κ1) is 14.7. The third-order valence-electron chi connectivity index (χ3n) is 2.71. The van der Waals surface area contributed by atoms with E-state index in [4.69, 9.17) is 10.2 Å². The van der Waals surface area contributed by atoms with E-state index in [-0.39, 0.29) is 0 Å². The summed E-state index contributed by atoms with van der Waals surface area (Å²) >= 11 is 0. The van der Waals surface area contributed by atoms with Gasteiger partial charge in [0.1, 0.15) is 0 Å². The van der Waals surface area contributed by atoms with Crippen molar-refractivity contribution in [1.82, 2.24) is 20.9 Å². The zero-order chi connectivity index (χ0) is 13.4. The molecule has 0 bridgehead atoms. The van der Waals surface area contributed by atoms with Crippen LogP contribution >= 0.6 is 0 Å². The molecule has 1 aliphatic rings. The van der Waals surface area contributed by atoms with Crippen molar-refractivity contribution in [2.24, 2.45) is 0 Å². The lowest BCUT2D eigenvalue weighted by Crippen LogP contribution is -2.50. The third kappa shape index (κ3) is 5.30. The maximum absolute atomic E-state index is 11.3. The van der Waals surface area contributed by atoms with E-state index in [2.05, 4.69) is 20.9 Å². The summed E-state index contributed by atoms with van der Waals surface area (Å²) in [5.74, 6) is -1.25. The van der Waals surface area contributed by atoms with Gasteiger partial charge < -0.3 is 26.2 Å². The van der Waals surface area contributed by atoms with Crippen molar-refractivity contribution in [1.29, 1.82) is 0 Å². The lowest BCUT2D eigenvalue weighted by Gasteiger charge is -2.27. The predicted octanol–water partition coefficient (Wildman–Crippen LogP) is -2.36. The van der Waals surface area contributed by atoms with Crippen LogP contribution in [0, 0.1) is 0 Å². The Hall–Kier alpha value is -1.38. The van der Waals surface area contributed by atoms with Crippen molar-refractivity contribution in [3.05, 3.63) is 0 Å². The lowest BCUT2D eigenvalue weighted by molar-refractivity contribution is -0.140. The fourth-order valence-corrected chi connectivity index (χ4v) is 1.66. The minimum atomic E-state index is -1.26. The van der Waals surface area contributed by atoms with Gasteiger partial charge in [-0.1, -0.05) is 0 Å². The van der Waals surface area contributed by atoms with Crippen molar-refractivity contribution in [2.75, 3.05) is 45.9 Å². The predicted molar refractivity (Wildman–Crippen MR) is 64.4 cm³/mol. The summed E-state index contributed by atoms with van der Waals surface area (Å²) in [5.41, 5.74) is 0. The summed E-state index contributed by atoms with van der Waals surface area (Å²) in [6.45, 7) is 4.32. The van der Waals surface area contributed by atoms with Crippen LogP contribution in [-0.2, 0) is 4.79 Å². The summed E-state index contributed by atoms with van der Waals surface area (Å²) in [7, 11) is 0. The van der Waals surface area contributed by atoms with Crippen molar-refractivity contribution in [3.8, 4) is 0 Å². The fourth-order valence-electron chi connectivity index (χ4n) is 1.66. The lowest BCUT2D eigenvalue weighted by atomic mass is 10.3. The van der Waals surface area contributed by atoms with E-state index in [1.165, 1.54) is 0 Å². The Morgan fingerprint density at radius 1 is 1.33 bits per heavy atom. The van der Waals surface area contributed by atoms with Gasteiger partial charge in [0.15, 0.2) is 6.04 Å². The number of carbonyl (C=O) groups excluding carboxylic acids is 1. The average molecular weight is 260 g/mol. The van der Waals surface area contributed by atoms with Gasteiger partial charge in [-0.25, -0.2) is 9.59 Å². The highest BCUT2D eigenvalue weighted by atomic mass is 16.4. The van der Waals surface area contributed by atoms with E-state index in [9.17, 15) is 9.59 Å². The molecule has 1 saturated heterocycles. The molecule has 104 valence electrons. The molecule has 1 rings (SSSR count). The molecule has 0 unspecified atom stereocenters. The molecule has 1 atom stereocenters. The normalized spacial score (nSPS) is 18.1. The van der Waals surface area contributed by atoms with Crippen LogP contribution in [0.15, 0.2) is 0 Å². The van der Waals surface area contributed by atoms with E-state index < -0.39 is 24.6 Å². The van der Waals surface area contributed by atoms with E-state index in [1.54, 1.807) is 0 Å². The first-order valence-electron chi connectivity index (χ1n) is 5.94. The van der Waals surface area contributed by atoms with Crippen LogP contribution in [-0.4, -0.2) is 79.0 Å². The fraction of sp³-hybridized carbons (Fsp3) is 0.800. The second kappa shape index (κ2) is 7.85. The number of carboxylic acid groups (broad SMARTS) is 1. The smallest absolute Gasteiger partial charge is 0.328 e. The molecule has 0 aromatic carbocycles. The number of urea groups is 1. The Morgan fingerprint density at radius 3 is 2.56 bits per heavy atom. The van der Waals surface area contributed by atoms with Crippen molar-refractivity contribution in [3.63, 3.8) is 0 Å². The van der Waals surface area contributed by atoms with Gasteiger partial charge in [-0.15, -0.1) is 0 Å². The zero-order valence-corrected chi connectivity index (χ0v) is 10.2. The zero-order valence-electron chi connectivity index (χ0n) is 10.2. The molecular weight excluding hydrogens is 240 g/mol. The molecule has 18 heavy (non-hydrogen) atoms. The Kier molecular flexibility index (Phi) is 6.40. The van der Waals surface area contributed by atoms with Crippen LogP contribution in [0.4, 0.5) is 4.79 Å². The van der Waals surface area contributed by atoms with Crippen LogP contribution < -0.4 is 16.0 Å². The van der Waals surface area contributed by atoms with E-state index in [1.807, 2.05) is 0 Å². The van der Waals surface area contributed by atoms with Crippen LogP contribution in [0.25, 0.3) is 0 Å². The van der Waals surface area contributed by atoms with Crippen molar-refractivity contribution in [2.45, 2.75) is 6.04 Å². The standard InChI is InChI=1S/C10H20N4O4/c15-7-8(9(16)17)13-10(18)12-3-6-14-4-1-11-2-5-14/h8,11,15H,1-7H2,(H,16,17)(H2,12,13,18)/t8-/m1/s1. The van der Waals surface area contributed by atoms with E-state index >= 15 is 0 Å². The molecule has 1 aliphatic heterocycles. The van der Waals surface area contributed by atoms with Crippen molar-refractivity contribution < 1.29 is 19.8 Å². The number of aliphatic carboxylic acids is 1. The summed E-state index contributed by atoms with van der Waals surface area (Å²) in [5, 5.41) is 25.3. The van der Waals surface area contributed by atoms with E-state index in [0.29, 0.717) is 6.54 Å². The van der Waals surface area contributed by atoms with Gasteiger partial charge in [0.2, 0.25) is 0 Å². The van der Waals surface area contributed by atoms with Crippen LogP contribution in [0.1, 0.15) is 0 Å². The number of nitrogens with zero attached hydrogens (tertiary/aromatic N) is 1. The van der Waals surface area contributed by atoms with Gasteiger partial charge in [-0.2, -0.15) is 0 Å². The van der Waals surface area contributed by atoms with Crippen LogP contribution in [0.5, 0.6) is 0 Å². The summed E-state index contributed by atoms with van der Waals surface area (Å²) in [6.07, 6.45) is 0. The first-order chi connectivity index (χ1) is 8.63. The van der Waals surface area contributed by atoms with Gasteiger partial charge in [-0.3, -0.25) is 4.90 Å². The number of nitrogens with one attached hydrogen (secondary N) is 3. The molecule has 0 radical (unpaired) electrons. The number of carboxylic acids is 1. The molecule has 1 fully saturated rings. The quantitative estimate of drug-likeness (QED) is 0.365. The summed E-state index contributed by atoms with van der Waals surface area (Å²) < 4.78 is 0. The van der Waals surface area contributed by atoms with Crippen LogP contribution in [0.2, 0.25) is 0 Å². The van der Waals surface area contributed by atoms with Crippen molar-refractivity contribution >= 4 is 12.0 Å². The minimum Gasteiger partial charge on any atom is -0.480 e. The number of hydrogen-bond donors (Lipinski definition) is 5. The second-order valence-electron chi connectivity index (χ2n) is 4.07. The number of piperazine rings is 1. The highest BCUT2D eigenvalue weighted by Crippen LogP contribution is 1.90. The number of hydrogen-bond acceptors (Lipinski definition) is 5. The molecule has 0 spiro atoms. The minimum absolute atomic E-state index is 0.448. The molecular formula is C10H20N4O4. The first-order valence-corrected chi connectivity index (χ1v) is 5.94. The van der Waals surface area contributed by atoms with Crippen LogP contribution in [0.3, 0.4) is 0 Å². The average Bonchev–Trinajstić information content (AvgIpc) is 2.37. The third-order valence-corrected chi connectivity index (χ3v) is 2.71. The largest absolute Gasteiger partial charge is 0.480 e. The molecule has 5 N–H and O–H groups in total. The summed E-state index contributed by atoms with van der Waals surface area (Å²) in [6, 6.07) is -1.84. The monoisotopic (exact) mass is 260 g/mol. The van der Waals surface area contributed by atoms with Gasteiger partial charge >= 0.3 is 12.0 Å². The molecule has 0 aromatic heterocycles. The Morgan fingerprint density at radius 2 is 2.00 bits per heavy atom. The van der Waals surface area contributed by atoms with Gasteiger partial charge in [-0.05, 0) is 0 Å². The number of aliphatic hydroxyl groups excluding tert-OH is 1. The molecule has 0 aromatic rings. The Labute approximate surface area is 105 Å².